The number of aryl methyl sites for hydroxylation is 1. The maximum absolute atomic E-state index is 5.88. The van der Waals surface area contributed by atoms with Gasteiger partial charge in [-0.25, -0.2) is 0 Å². The van der Waals surface area contributed by atoms with Crippen LogP contribution in [0.15, 0.2) is 18.2 Å². The van der Waals surface area contributed by atoms with E-state index in [9.17, 15) is 0 Å². The molecule has 1 aromatic rings. The smallest absolute Gasteiger partial charge is 0.0411 e. The molecule has 0 aromatic heterocycles. The van der Waals surface area contributed by atoms with Crippen LogP contribution >= 0.6 is 0 Å². The lowest BCUT2D eigenvalue weighted by atomic mass is 9.86. The van der Waals surface area contributed by atoms with Crippen LogP contribution in [-0.4, -0.2) is 13.1 Å². The van der Waals surface area contributed by atoms with E-state index in [0.717, 1.165) is 5.92 Å². The van der Waals surface area contributed by atoms with Crippen LogP contribution in [0.2, 0.25) is 0 Å². The topological polar surface area (TPSA) is 29.3 Å². The summed E-state index contributed by atoms with van der Waals surface area (Å²) >= 11 is 0. The molecule has 1 fully saturated rings. The fourth-order valence-corrected chi connectivity index (χ4v) is 3.05. The van der Waals surface area contributed by atoms with Crippen LogP contribution in [0.3, 0.4) is 0 Å². The molecule has 1 saturated carbocycles. The Morgan fingerprint density at radius 3 is 2.50 bits per heavy atom. The quantitative estimate of drug-likeness (QED) is 0.885. The second-order valence-corrected chi connectivity index (χ2v) is 5.86. The molecule has 1 aromatic carbocycles. The number of benzene rings is 1. The molecule has 2 rings (SSSR count). The number of rotatable bonds is 3. The zero-order valence-corrected chi connectivity index (χ0v) is 11.9. The van der Waals surface area contributed by atoms with Gasteiger partial charge < -0.3 is 10.6 Å². The lowest BCUT2D eigenvalue weighted by Gasteiger charge is -2.36. The molecule has 2 N–H and O–H groups in total. The van der Waals surface area contributed by atoms with Gasteiger partial charge in [-0.15, -0.1) is 0 Å². The largest absolute Gasteiger partial charge is 0.371 e. The maximum atomic E-state index is 5.88. The third kappa shape index (κ3) is 2.86. The number of hydrogen-bond donors (Lipinski definition) is 1. The highest BCUT2D eigenvalue weighted by atomic mass is 15.1. The van der Waals surface area contributed by atoms with Crippen molar-refractivity contribution in [2.24, 2.45) is 11.7 Å². The lowest BCUT2D eigenvalue weighted by molar-refractivity contribution is 0.340. The summed E-state index contributed by atoms with van der Waals surface area (Å²) in [5.74, 6) is 0.904. The van der Waals surface area contributed by atoms with E-state index in [2.05, 4.69) is 44.0 Å². The van der Waals surface area contributed by atoms with Crippen molar-refractivity contribution in [2.75, 3.05) is 11.9 Å². The van der Waals surface area contributed by atoms with Crippen molar-refractivity contribution in [2.45, 2.75) is 52.1 Å². The monoisotopic (exact) mass is 246 g/mol. The van der Waals surface area contributed by atoms with Crippen LogP contribution in [0, 0.1) is 12.8 Å². The summed E-state index contributed by atoms with van der Waals surface area (Å²) in [6.07, 6.45) is 5.35. The van der Waals surface area contributed by atoms with Gasteiger partial charge in [-0.1, -0.05) is 24.6 Å². The first-order valence-electron chi connectivity index (χ1n) is 7.14. The highest BCUT2D eigenvalue weighted by Gasteiger charge is 2.22. The van der Waals surface area contributed by atoms with Gasteiger partial charge in [0.1, 0.15) is 0 Å². The first-order chi connectivity index (χ1) is 8.61. The number of anilines is 1. The van der Waals surface area contributed by atoms with Crippen molar-refractivity contribution in [3.05, 3.63) is 29.3 Å². The van der Waals surface area contributed by atoms with Crippen molar-refractivity contribution >= 4 is 5.69 Å². The average Bonchev–Trinajstić information content (AvgIpc) is 2.38. The van der Waals surface area contributed by atoms with E-state index in [1.807, 2.05) is 0 Å². The maximum Gasteiger partial charge on any atom is 0.0411 e. The molecule has 18 heavy (non-hydrogen) atoms. The molecule has 2 heteroatoms. The van der Waals surface area contributed by atoms with Gasteiger partial charge in [-0.2, -0.15) is 0 Å². The molecule has 0 spiro atoms. The zero-order valence-electron chi connectivity index (χ0n) is 11.9. The Morgan fingerprint density at radius 1 is 1.22 bits per heavy atom. The van der Waals surface area contributed by atoms with E-state index in [4.69, 9.17) is 5.73 Å². The molecular weight excluding hydrogens is 220 g/mol. The summed E-state index contributed by atoms with van der Waals surface area (Å²) in [6, 6.07) is 7.33. The first kappa shape index (κ1) is 13.4. The third-order valence-corrected chi connectivity index (χ3v) is 4.37. The van der Waals surface area contributed by atoms with Gasteiger partial charge in [0.2, 0.25) is 0 Å². The molecule has 2 nitrogen and oxygen atoms in total. The van der Waals surface area contributed by atoms with E-state index >= 15 is 0 Å². The second-order valence-electron chi connectivity index (χ2n) is 5.86. The van der Waals surface area contributed by atoms with Crippen LogP contribution < -0.4 is 10.6 Å². The first-order valence-corrected chi connectivity index (χ1v) is 7.14. The number of nitrogens with zero attached hydrogens (tertiary/aromatic N) is 1. The molecule has 1 aliphatic carbocycles. The predicted octanol–water partition coefficient (Wildman–Crippen LogP) is 3.47. The Hall–Kier alpha value is -1.02. The highest BCUT2D eigenvalue weighted by Crippen LogP contribution is 2.31. The summed E-state index contributed by atoms with van der Waals surface area (Å²) in [6.45, 7) is 5.13. The van der Waals surface area contributed by atoms with E-state index in [1.54, 1.807) is 0 Å². The van der Waals surface area contributed by atoms with Crippen LogP contribution in [0.4, 0.5) is 5.69 Å². The number of nitrogens with two attached hydrogens (primary N) is 1. The Kier molecular flexibility index (Phi) is 4.28. The van der Waals surface area contributed by atoms with Gasteiger partial charge in [-0.3, -0.25) is 0 Å². The van der Waals surface area contributed by atoms with Gasteiger partial charge in [0, 0.05) is 25.3 Å². The van der Waals surface area contributed by atoms with E-state index in [0.29, 0.717) is 12.6 Å². The normalized spacial score (nSPS) is 24.0. The lowest BCUT2D eigenvalue weighted by Crippen LogP contribution is -2.35. The summed E-state index contributed by atoms with van der Waals surface area (Å²) in [7, 11) is 2.23. The Morgan fingerprint density at radius 2 is 1.89 bits per heavy atom. The molecule has 0 saturated heterocycles. The predicted molar refractivity (Wildman–Crippen MR) is 78.9 cm³/mol. The summed E-state index contributed by atoms with van der Waals surface area (Å²) < 4.78 is 0. The van der Waals surface area contributed by atoms with Crippen LogP contribution in [0.1, 0.15) is 43.7 Å². The molecule has 0 amide bonds. The minimum absolute atomic E-state index is 0.629. The van der Waals surface area contributed by atoms with Crippen LogP contribution in [0.25, 0.3) is 0 Å². The van der Waals surface area contributed by atoms with Crippen molar-refractivity contribution in [3.63, 3.8) is 0 Å². The van der Waals surface area contributed by atoms with E-state index in [1.165, 1.54) is 42.5 Å². The fraction of sp³-hybridized carbons (Fsp3) is 0.625. The van der Waals surface area contributed by atoms with Crippen molar-refractivity contribution in [1.82, 2.24) is 0 Å². The Bertz CT molecular complexity index is 392. The molecule has 0 unspecified atom stereocenters. The third-order valence-electron chi connectivity index (χ3n) is 4.37. The molecule has 100 valence electrons. The molecule has 1 aliphatic rings. The zero-order chi connectivity index (χ0) is 13.1. The molecule has 0 bridgehead atoms. The minimum atomic E-state index is 0.629. The Balaban J connectivity index is 2.15. The van der Waals surface area contributed by atoms with Gasteiger partial charge in [0.15, 0.2) is 0 Å². The SMILES string of the molecule is Cc1ccc(N(C)C2CCC(C)CC2)c(CN)c1. The van der Waals surface area contributed by atoms with Gasteiger partial charge in [-0.05, 0) is 50.2 Å². The summed E-state index contributed by atoms with van der Waals surface area (Å²) in [4.78, 5) is 2.45. The van der Waals surface area contributed by atoms with Gasteiger partial charge in [0.25, 0.3) is 0 Å². The number of hydrogen-bond acceptors (Lipinski definition) is 2. The molecule has 0 atom stereocenters. The molecule has 0 radical (unpaired) electrons. The summed E-state index contributed by atoms with van der Waals surface area (Å²) in [5, 5.41) is 0. The Labute approximate surface area is 111 Å². The van der Waals surface area contributed by atoms with Gasteiger partial charge >= 0.3 is 0 Å². The molecular formula is C16H26N2. The van der Waals surface area contributed by atoms with Crippen molar-refractivity contribution in [1.29, 1.82) is 0 Å². The van der Waals surface area contributed by atoms with E-state index in [-0.39, 0.29) is 0 Å². The second kappa shape index (κ2) is 5.75. The van der Waals surface area contributed by atoms with Crippen LogP contribution in [0.5, 0.6) is 0 Å². The van der Waals surface area contributed by atoms with E-state index < -0.39 is 0 Å². The summed E-state index contributed by atoms with van der Waals surface area (Å²) in [5.41, 5.74) is 9.77. The van der Waals surface area contributed by atoms with Crippen molar-refractivity contribution in [3.8, 4) is 0 Å². The molecule has 0 aliphatic heterocycles. The van der Waals surface area contributed by atoms with Gasteiger partial charge in [0.05, 0.1) is 0 Å². The fourth-order valence-electron chi connectivity index (χ4n) is 3.05. The molecule has 0 heterocycles. The standard InChI is InChI=1S/C16H26N2/c1-12-4-7-15(8-5-12)18(3)16-9-6-13(2)10-14(16)11-17/h6,9-10,12,15H,4-5,7-8,11,17H2,1-3H3. The minimum Gasteiger partial charge on any atom is -0.371 e. The van der Waals surface area contributed by atoms with Crippen LogP contribution in [-0.2, 0) is 6.54 Å². The average molecular weight is 246 g/mol. The van der Waals surface area contributed by atoms with Crippen molar-refractivity contribution < 1.29 is 0 Å². The highest BCUT2D eigenvalue weighted by molar-refractivity contribution is 5.55.